The zero-order valence-electron chi connectivity index (χ0n) is 10.7. The Hall–Kier alpha value is -2.30. The van der Waals surface area contributed by atoms with E-state index in [0.29, 0.717) is 24.2 Å². The van der Waals surface area contributed by atoms with Crippen LogP contribution in [0, 0.1) is 0 Å². The van der Waals surface area contributed by atoms with E-state index in [4.69, 9.17) is 0 Å². The largest absolute Gasteiger partial charge is 0.362 e. The van der Waals surface area contributed by atoms with E-state index in [1.54, 1.807) is 24.3 Å². The quantitative estimate of drug-likeness (QED) is 0.757. The average Bonchev–Trinajstić information content (AvgIpc) is 2.93. The summed E-state index contributed by atoms with van der Waals surface area (Å²) in [5.41, 5.74) is 1.03. The molecule has 0 bridgehead atoms. The number of hydrogen-bond donors (Lipinski definition) is 0. The van der Waals surface area contributed by atoms with E-state index in [0.717, 1.165) is 6.67 Å². The van der Waals surface area contributed by atoms with Crippen LogP contribution >= 0.6 is 0 Å². The van der Waals surface area contributed by atoms with E-state index in [-0.39, 0.29) is 11.8 Å². The first kappa shape index (κ1) is 11.8. The van der Waals surface area contributed by atoms with Crippen LogP contribution in [0.2, 0.25) is 0 Å². The zero-order valence-corrected chi connectivity index (χ0v) is 10.7. The molecular formula is C14H15N3O2. The lowest BCUT2D eigenvalue weighted by atomic mass is 10.1. The summed E-state index contributed by atoms with van der Waals surface area (Å²) in [6.07, 6.45) is 3.94. The molecule has 1 aromatic carbocycles. The second-order valence-electron chi connectivity index (χ2n) is 4.82. The van der Waals surface area contributed by atoms with Gasteiger partial charge in [0.15, 0.2) is 0 Å². The predicted octanol–water partition coefficient (Wildman–Crippen LogP) is 0.959. The van der Waals surface area contributed by atoms with E-state index in [1.165, 1.54) is 4.90 Å². The van der Waals surface area contributed by atoms with Crippen molar-refractivity contribution in [2.45, 2.75) is 0 Å². The van der Waals surface area contributed by atoms with Crippen molar-refractivity contribution >= 4 is 11.8 Å². The first-order valence-electron chi connectivity index (χ1n) is 6.24. The molecule has 0 saturated carbocycles. The molecule has 0 aromatic heterocycles. The summed E-state index contributed by atoms with van der Waals surface area (Å²) in [4.78, 5) is 29.7. The maximum absolute atomic E-state index is 12.1. The number of fused-ring (bicyclic) bond motifs is 1. The summed E-state index contributed by atoms with van der Waals surface area (Å²) >= 11 is 0. The fraction of sp³-hybridized carbons (Fsp3) is 0.286. The molecule has 2 heterocycles. The summed E-state index contributed by atoms with van der Waals surface area (Å²) in [5.74, 6) is -0.366. The molecule has 19 heavy (non-hydrogen) atoms. The van der Waals surface area contributed by atoms with Crippen LogP contribution in [0.3, 0.4) is 0 Å². The molecule has 1 aromatic rings. The number of nitrogens with zero attached hydrogens (tertiary/aromatic N) is 3. The van der Waals surface area contributed by atoms with Crippen molar-refractivity contribution in [1.82, 2.24) is 14.7 Å². The molecule has 98 valence electrons. The number of rotatable bonds is 3. The number of imide groups is 1. The van der Waals surface area contributed by atoms with E-state index >= 15 is 0 Å². The van der Waals surface area contributed by atoms with Gasteiger partial charge in [0.05, 0.1) is 17.8 Å². The van der Waals surface area contributed by atoms with Crippen LogP contribution in [-0.2, 0) is 0 Å². The van der Waals surface area contributed by atoms with Crippen molar-refractivity contribution in [2.75, 3.05) is 26.8 Å². The van der Waals surface area contributed by atoms with Gasteiger partial charge in [-0.3, -0.25) is 14.5 Å². The van der Waals surface area contributed by atoms with Gasteiger partial charge >= 0.3 is 0 Å². The Kier molecular flexibility index (Phi) is 2.74. The molecule has 0 aliphatic carbocycles. The summed E-state index contributed by atoms with van der Waals surface area (Å²) in [5, 5.41) is 0. The monoisotopic (exact) mass is 257 g/mol. The highest BCUT2D eigenvalue weighted by molar-refractivity contribution is 6.21. The summed E-state index contributed by atoms with van der Waals surface area (Å²) in [6, 6.07) is 6.98. The number of amides is 2. The standard InChI is InChI=1S/C14H15N3O2/c1-15-6-7-16(10-15)8-9-17-13(18)11-4-2-3-5-12(11)14(17)19/h2-7H,8-10H2,1H3. The maximum Gasteiger partial charge on any atom is 0.261 e. The highest BCUT2D eigenvalue weighted by Crippen LogP contribution is 2.22. The van der Waals surface area contributed by atoms with Gasteiger partial charge < -0.3 is 9.80 Å². The second-order valence-corrected chi connectivity index (χ2v) is 4.82. The summed E-state index contributed by atoms with van der Waals surface area (Å²) in [6.45, 7) is 1.88. The van der Waals surface area contributed by atoms with Gasteiger partial charge in [-0.05, 0) is 12.1 Å². The third kappa shape index (κ3) is 1.97. The van der Waals surface area contributed by atoms with Gasteiger partial charge in [-0.2, -0.15) is 0 Å². The minimum atomic E-state index is -0.183. The Labute approximate surface area is 111 Å². The van der Waals surface area contributed by atoms with Crippen molar-refractivity contribution in [1.29, 1.82) is 0 Å². The van der Waals surface area contributed by atoms with Gasteiger partial charge in [0, 0.05) is 32.5 Å². The lowest BCUT2D eigenvalue weighted by molar-refractivity contribution is 0.0642. The fourth-order valence-corrected chi connectivity index (χ4v) is 2.40. The van der Waals surface area contributed by atoms with Crippen molar-refractivity contribution in [3.05, 3.63) is 47.8 Å². The van der Waals surface area contributed by atoms with Crippen LogP contribution in [0.5, 0.6) is 0 Å². The molecule has 2 aliphatic rings. The molecule has 0 fully saturated rings. The van der Waals surface area contributed by atoms with Gasteiger partial charge in [0.25, 0.3) is 11.8 Å². The van der Waals surface area contributed by atoms with Crippen LogP contribution in [0.15, 0.2) is 36.7 Å². The van der Waals surface area contributed by atoms with E-state index in [1.807, 2.05) is 24.3 Å². The molecule has 0 radical (unpaired) electrons. The first-order chi connectivity index (χ1) is 9.16. The van der Waals surface area contributed by atoms with Crippen molar-refractivity contribution in [2.24, 2.45) is 0 Å². The Morgan fingerprint density at radius 1 is 1.00 bits per heavy atom. The average molecular weight is 257 g/mol. The van der Waals surface area contributed by atoms with Gasteiger partial charge in [-0.25, -0.2) is 0 Å². The smallest absolute Gasteiger partial charge is 0.261 e. The molecular weight excluding hydrogens is 242 g/mol. The molecule has 0 spiro atoms. The zero-order chi connectivity index (χ0) is 13.4. The summed E-state index contributed by atoms with van der Waals surface area (Å²) in [7, 11) is 1.98. The minimum absolute atomic E-state index is 0.183. The molecule has 5 heteroatoms. The number of hydrogen-bond acceptors (Lipinski definition) is 4. The van der Waals surface area contributed by atoms with Gasteiger partial charge in [-0.15, -0.1) is 0 Å². The van der Waals surface area contributed by atoms with Gasteiger partial charge in [0.2, 0.25) is 0 Å². The third-order valence-electron chi connectivity index (χ3n) is 3.43. The molecule has 3 rings (SSSR count). The molecule has 0 unspecified atom stereocenters. The highest BCUT2D eigenvalue weighted by Gasteiger charge is 2.34. The number of benzene rings is 1. The topological polar surface area (TPSA) is 43.9 Å². The number of carbonyl (C=O) groups excluding carboxylic acids is 2. The van der Waals surface area contributed by atoms with Crippen molar-refractivity contribution in [3.63, 3.8) is 0 Å². The molecule has 2 aliphatic heterocycles. The Balaban J connectivity index is 1.69. The molecule has 5 nitrogen and oxygen atoms in total. The van der Waals surface area contributed by atoms with E-state index in [2.05, 4.69) is 4.90 Å². The molecule has 2 amide bonds. The minimum Gasteiger partial charge on any atom is -0.362 e. The van der Waals surface area contributed by atoms with Crippen LogP contribution in [0.25, 0.3) is 0 Å². The highest BCUT2D eigenvalue weighted by atomic mass is 16.2. The molecule has 0 saturated heterocycles. The SMILES string of the molecule is CN1C=CN(CCN2C(=O)c3ccccc3C2=O)C1. The number of carbonyl (C=O) groups is 2. The lowest BCUT2D eigenvalue weighted by Gasteiger charge is -2.21. The maximum atomic E-state index is 12.1. The Morgan fingerprint density at radius 2 is 1.63 bits per heavy atom. The third-order valence-corrected chi connectivity index (χ3v) is 3.43. The van der Waals surface area contributed by atoms with Crippen molar-refractivity contribution < 1.29 is 9.59 Å². The van der Waals surface area contributed by atoms with Crippen molar-refractivity contribution in [3.8, 4) is 0 Å². The van der Waals surface area contributed by atoms with E-state index < -0.39 is 0 Å². The van der Waals surface area contributed by atoms with Crippen LogP contribution in [0.1, 0.15) is 20.7 Å². The van der Waals surface area contributed by atoms with Gasteiger partial charge in [-0.1, -0.05) is 12.1 Å². The van der Waals surface area contributed by atoms with E-state index in [9.17, 15) is 9.59 Å². The molecule has 0 atom stereocenters. The predicted molar refractivity (Wildman–Crippen MR) is 70.3 cm³/mol. The Bertz CT molecular complexity index is 533. The fourth-order valence-electron chi connectivity index (χ4n) is 2.40. The molecule has 0 N–H and O–H groups in total. The normalized spacial score (nSPS) is 17.6. The van der Waals surface area contributed by atoms with Crippen LogP contribution < -0.4 is 0 Å². The second kappa shape index (κ2) is 4.42. The lowest BCUT2D eigenvalue weighted by Crippen LogP contribution is -2.37. The van der Waals surface area contributed by atoms with Gasteiger partial charge in [0.1, 0.15) is 0 Å². The van der Waals surface area contributed by atoms with Crippen LogP contribution in [0.4, 0.5) is 0 Å². The first-order valence-corrected chi connectivity index (χ1v) is 6.24. The van der Waals surface area contributed by atoms with Crippen LogP contribution in [-0.4, -0.2) is 53.3 Å². The summed E-state index contributed by atoms with van der Waals surface area (Å²) < 4.78 is 0. The Morgan fingerprint density at radius 3 is 2.16 bits per heavy atom.